The van der Waals surface area contributed by atoms with E-state index in [-0.39, 0.29) is 36.8 Å². The van der Waals surface area contributed by atoms with Gasteiger partial charge in [0.05, 0.1) is 0 Å². The van der Waals surface area contributed by atoms with E-state index in [0.717, 1.165) is 34.4 Å². The average Bonchev–Trinajstić information content (AvgIpc) is 3.40. The van der Waals surface area contributed by atoms with Crippen molar-refractivity contribution in [3.05, 3.63) is 136 Å². The lowest BCUT2D eigenvalue weighted by Gasteiger charge is -2.29. The van der Waals surface area contributed by atoms with E-state index in [9.17, 15) is 14.4 Å². The summed E-state index contributed by atoms with van der Waals surface area (Å²) in [6, 6.07) is 30.9. The largest absolute Gasteiger partial charge is 0.492 e. The van der Waals surface area contributed by atoms with E-state index in [0.29, 0.717) is 36.7 Å². The lowest BCUT2D eigenvalue weighted by Crippen LogP contribution is -2.52. The maximum absolute atomic E-state index is 15.1. The number of hydrogen-bond donors (Lipinski definition) is 1. The van der Waals surface area contributed by atoms with Gasteiger partial charge >= 0.3 is 0 Å². The zero-order chi connectivity index (χ0) is 33.6. The van der Waals surface area contributed by atoms with Crippen LogP contribution < -0.4 is 10.1 Å². The fraction of sp³-hybridized carbons (Fsp3) is 0.256. The van der Waals surface area contributed by atoms with Gasteiger partial charge in [0, 0.05) is 43.1 Å². The molecule has 2 heterocycles. The second-order valence-electron chi connectivity index (χ2n) is 12.1. The summed E-state index contributed by atoms with van der Waals surface area (Å²) in [6.07, 6.45) is 1.15. The van der Waals surface area contributed by atoms with Gasteiger partial charge < -0.3 is 9.64 Å². The Morgan fingerprint density at radius 2 is 1.60 bits per heavy atom. The van der Waals surface area contributed by atoms with Crippen molar-refractivity contribution in [3.63, 3.8) is 0 Å². The van der Waals surface area contributed by atoms with Crippen LogP contribution in [0.4, 0.5) is 4.39 Å². The molecule has 9 heteroatoms. The number of nitrogens with one attached hydrogen (secondary N) is 1. The van der Waals surface area contributed by atoms with Crippen LogP contribution in [-0.2, 0) is 22.7 Å². The zero-order valence-electron chi connectivity index (χ0n) is 26.8. The predicted molar refractivity (Wildman–Crippen MR) is 185 cm³/mol. The van der Waals surface area contributed by atoms with Crippen molar-refractivity contribution in [1.29, 1.82) is 0 Å². The Balaban J connectivity index is 1.10. The van der Waals surface area contributed by atoms with Crippen LogP contribution in [0.15, 0.2) is 97.1 Å². The molecule has 1 atom stereocenters. The number of benzene rings is 4. The van der Waals surface area contributed by atoms with Crippen LogP contribution in [0.2, 0.25) is 0 Å². The first-order valence-electron chi connectivity index (χ1n) is 16.1. The first-order valence-corrected chi connectivity index (χ1v) is 16.6. The summed E-state index contributed by atoms with van der Waals surface area (Å²) in [4.78, 5) is 40.3. The molecule has 0 spiro atoms. The van der Waals surface area contributed by atoms with Crippen LogP contribution in [0.5, 0.6) is 5.75 Å². The molecule has 4 aromatic rings. The Morgan fingerprint density at radius 3 is 2.27 bits per heavy atom. The lowest BCUT2D eigenvalue weighted by atomic mass is 9.88. The number of allylic oxidation sites excluding steroid dienone is 1. The smallest absolute Gasteiger partial charge is 0.255 e. The van der Waals surface area contributed by atoms with Crippen LogP contribution >= 0.6 is 11.6 Å². The molecule has 0 aromatic heterocycles. The molecule has 2 aliphatic rings. The fourth-order valence-corrected chi connectivity index (χ4v) is 6.62. The van der Waals surface area contributed by atoms with Crippen LogP contribution in [0, 0.1) is 5.82 Å². The van der Waals surface area contributed by atoms with Crippen LogP contribution in [-0.4, -0.2) is 59.6 Å². The van der Waals surface area contributed by atoms with Crippen molar-refractivity contribution in [1.82, 2.24) is 15.1 Å². The highest BCUT2D eigenvalue weighted by atomic mass is 35.5. The van der Waals surface area contributed by atoms with Gasteiger partial charge in [0.2, 0.25) is 11.8 Å². The molecule has 246 valence electrons. The monoisotopic (exact) mass is 665 g/mol. The molecule has 1 unspecified atom stereocenters. The SMILES string of the molecule is CN(CCOc1ccc(C(=C(CCCl)c2ccccc2)c2ccccc2)cc1)Cc1cc2c(cc1F)C(=O)N(C1CCC(=O)NC1=O)C2. The van der Waals surface area contributed by atoms with Gasteiger partial charge in [-0.05, 0) is 77.6 Å². The molecule has 1 fully saturated rings. The molecule has 3 amide bonds. The molecule has 1 saturated heterocycles. The summed E-state index contributed by atoms with van der Waals surface area (Å²) < 4.78 is 21.2. The number of rotatable bonds is 12. The highest BCUT2D eigenvalue weighted by Gasteiger charge is 2.39. The van der Waals surface area contributed by atoms with Crippen molar-refractivity contribution < 1.29 is 23.5 Å². The van der Waals surface area contributed by atoms with Gasteiger partial charge in [0.15, 0.2) is 0 Å². The molecule has 0 bridgehead atoms. The quantitative estimate of drug-likeness (QED) is 0.104. The van der Waals surface area contributed by atoms with Crippen LogP contribution in [0.25, 0.3) is 11.1 Å². The first-order chi connectivity index (χ1) is 23.3. The maximum Gasteiger partial charge on any atom is 0.255 e. The van der Waals surface area contributed by atoms with Crippen LogP contribution in [0.3, 0.4) is 0 Å². The number of halogens is 2. The maximum atomic E-state index is 15.1. The third-order valence-corrected chi connectivity index (χ3v) is 9.04. The van der Waals surface area contributed by atoms with E-state index in [1.54, 1.807) is 6.07 Å². The van der Waals surface area contributed by atoms with Crippen molar-refractivity contribution in [2.24, 2.45) is 0 Å². The molecular formula is C39H37ClFN3O4. The number of alkyl halides is 1. The molecule has 2 aliphatic heterocycles. The van der Waals surface area contributed by atoms with Crippen molar-refractivity contribution >= 4 is 40.5 Å². The molecule has 7 nitrogen and oxygen atoms in total. The van der Waals surface area contributed by atoms with Gasteiger partial charge in [0.25, 0.3) is 5.91 Å². The normalized spacial score (nSPS) is 16.5. The van der Waals surface area contributed by atoms with E-state index in [4.69, 9.17) is 16.3 Å². The highest BCUT2D eigenvalue weighted by Crippen LogP contribution is 2.35. The summed E-state index contributed by atoms with van der Waals surface area (Å²) in [6.45, 7) is 1.47. The summed E-state index contributed by atoms with van der Waals surface area (Å²) in [5, 5.41) is 2.29. The van der Waals surface area contributed by atoms with E-state index in [1.807, 2.05) is 60.5 Å². The number of likely N-dealkylation sites (N-methyl/N-ethyl adjacent to an activating group) is 1. The minimum absolute atomic E-state index is 0.169. The van der Waals surface area contributed by atoms with E-state index in [2.05, 4.69) is 41.7 Å². The van der Waals surface area contributed by atoms with Gasteiger partial charge in [-0.1, -0.05) is 72.8 Å². The number of piperidine rings is 1. The third-order valence-electron chi connectivity index (χ3n) is 8.85. The highest BCUT2D eigenvalue weighted by molar-refractivity contribution is 6.18. The van der Waals surface area contributed by atoms with E-state index in [1.165, 1.54) is 16.5 Å². The van der Waals surface area contributed by atoms with Gasteiger partial charge in [-0.3, -0.25) is 24.6 Å². The zero-order valence-corrected chi connectivity index (χ0v) is 27.5. The molecule has 4 aromatic carbocycles. The number of hydrogen-bond acceptors (Lipinski definition) is 5. The molecule has 0 radical (unpaired) electrons. The Bertz CT molecular complexity index is 1830. The molecule has 0 saturated carbocycles. The topological polar surface area (TPSA) is 79.0 Å². The Kier molecular flexibility index (Phi) is 10.3. The van der Waals surface area contributed by atoms with Gasteiger partial charge in [-0.2, -0.15) is 0 Å². The van der Waals surface area contributed by atoms with Gasteiger partial charge in [-0.25, -0.2) is 4.39 Å². The van der Waals surface area contributed by atoms with Crippen molar-refractivity contribution in [3.8, 4) is 5.75 Å². The predicted octanol–water partition coefficient (Wildman–Crippen LogP) is 6.69. The summed E-state index contributed by atoms with van der Waals surface area (Å²) in [7, 11) is 1.89. The Morgan fingerprint density at radius 1 is 0.938 bits per heavy atom. The second-order valence-corrected chi connectivity index (χ2v) is 12.5. The average molecular weight is 666 g/mol. The Labute approximate surface area is 285 Å². The molecule has 0 aliphatic carbocycles. The number of carbonyl (C=O) groups is 3. The number of amides is 3. The second kappa shape index (κ2) is 15.0. The third kappa shape index (κ3) is 7.35. The summed E-state index contributed by atoms with van der Waals surface area (Å²) >= 11 is 6.29. The number of ether oxygens (including phenoxy) is 1. The number of imide groups is 1. The fourth-order valence-electron chi connectivity index (χ4n) is 6.44. The lowest BCUT2D eigenvalue weighted by molar-refractivity contribution is -0.136. The molecular weight excluding hydrogens is 629 g/mol. The number of fused-ring (bicyclic) bond motifs is 1. The summed E-state index contributed by atoms with van der Waals surface area (Å²) in [5.74, 6) is -0.458. The van der Waals surface area contributed by atoms with Crippen LogP contribution in [0.1, 0.15) is 57.4 Å². The summed E-state index contributed by atoms with van der Waals surface area (Å²) in [5.41, 5.74) is 7.03. The van der Waals surface area contributed by atoms with Crippen molar-refractivity contribution in [2.45, 2.75) is 38.4 Å². The minimum Gasteiger partial charge on any atom is -0.492 e. The molecule has 48 heavy (non-hydrogen) atoms. The molecule has 1 N–H and O–H groups in total. The minimum atomic E-state index is -0.736. The van der Waals surface area contributed by atoms with Gasteiger partial charge in [-0.15, -0.1) is 11.6 Å². The number of nitrogens with zero attached hydrogens (tertiary/aromatic N) is 2. The van der Waals surface area contributed by atoms with Gasteiger partial charge in [0.1, 0.15) is 24.2 Å². The van der Waals surface area contributed by atoms with Crippen molar-refractivity contribution in [2.75, 3.05) is 26.1 Å². The van der Waals surface area contributed by atoms with E-state index >= 15 is 4.39 Å². The first kappa shape index (κ1) is 33.1. The van der Waals surface area contributed by atoms with E-state index < -0.39 is 17.8 Å². The molecule has 6 rings (SSSR count). The number of carbonyl (C=O) groups excluding carboxylic acids is 3. The Hall–Kier alpha value is -4.79. The standard InChI is InChI=1S/C39H37ClFN3O4/c1-43(24-30-22-29-25-44(39(47)33(29)23-34(30)41)35-16-17-36(45)42-38(35)46)20-21-48-31-14-12-28(13-15-31)37(27-10-6-3-7-11-27)32(18-19-40)26-8-4-2-5-9-26/h2-15,22-23,35H,16-21,24-25H2,1H3,(H,42,45,46).